The van der Waals surface area contributed by atoms with E-state index in [0.29, 0.717) is 12.0 Å². The van der Waals surface area contributed by atoms with E-state index in [-0.39, 0.29) is 11.1 Å². The molecule has 96 valence electrons. The zero-order valence-electron chi connectivity index (χ0n) is 9.90. The molecule has 18 heavy (non-hydrogen) atoms. The summed E-state index contributed by atoms with van der Waals surface area (Å²) in [5.74, 6) is 5.09. The molecule has 0 saturated carbocycles. The average molecular weight is 269 g/mol. The monoisotopic (exact) mass is 268 g/mol. The van der Waals surface area contributed by atoms with Crippen LogP contribution in [0.25, 0.3) is 0 Å². The fourth-order valence-electron chi connectivity index (χ4n) is 1.79. The number of rotatable bonds is 4. The van der Waals surface area contributed by atoms with Crippen LogP contribution in [-0.4, -0.2) is 9.78 Å². The van der Waals surface area contributed by atoms with Gasteiger partial charge in [0.05, 0.1) is 16.8 Å². The van der Waals surface area contributed by atoms with E-state index in [9.17, 15) is 4.39 Å². The lowest BCUT2D eigenvalue weighted by atomic mass is 10.0. The summed E-state index contributed by atoms with van der Waals surface area (Å²) in [6.45, 7) is 0. The van der Waals surface area contributed by atoms with E-state index in [4.69, 9.17) is 17.4 Å². The molecule has 1 heterocycles. The van der Waals surface area contributed by atoms with Crippen molar-refractivity contribution in [3.05, 3.63) is 52.6 Å². The molecule has 1 unspecified atom stereocenters. The lowest BCUT2D eigenvalue weighted by molar-refractivity contribution is 0.512. The van der Waals surface area contributed by atoms with Gasteiger partial charge in [0.2, 0.25) is 0 Å². The molecule has 2 aromatic rings. The number of nitrogens with two attached hydrogens (primary N) is 1. The summed E-state index contributed by atoms with van der Waals surface area (Å²) in [7, 11) is 1.82. The Morgan fingerprint density at radius 3 is 2.89 bits per heavy atom. The molecule has 1 aromatic carbocycles. The normalized spacial score (nSPS) is 12.7. The SMILES string of the molecule is Cn1ccc(C(Cc2cccc(Cl)c2F)NN)n1. The van der Waals surface area contributed by atoms with Gasteiger partial charge < -0.3 is 0 Å². The molecular formula is C12H14ClFN4. The van der Waals surface area contributed by atoms with Crippen molar-refractivity contribution in [3.8, 4) is 0 Å². The van der Waals surface area contributed by atoms with E-state index >= 15 is 0 Å². The van der Waals surface area contributed by atoms with Crippen LogP contribution in [0, 0.1) is 5.82 Å². The van der Waals surface area contributed by atoms with Gasteiger partial charge in [-0.25, -0.2) is 4.39 Å². The maximum atomic E-state index is 13.8. The predicted octanol–water partition coefficient (Wildman–Crippen LogP) is 1.96. The Balaban J connectivity index is 2.23. The fraction of sp³-hybridized carbons (Fsp3) is 0.250. The lowest BCUT2D eigenvalue weighted by Gasteiger charge is -2.14. The van der Waals surface area contributed by atoms with Crippen molar-refractivity contribution < 1.29 is 4.39 Å². The van der Waals surface area contributed by atoms with Gasteiger partial charge in [0.15, 0.2) is 0 Å². The van der Waals surface area contributed by atoms with Crippen LogP contribution in [0.1, 0.15) is 17.3 Å². The molecule has 0 aliphatic heterocycles. The third-order valence-electron chi connectivity index (χ3n) is 2.75. The van der Waals surface area contributed by atoms with E-state index < -0.39 is 5.82 Å². The number of nitrogens with one attached hydrogen (secondary N) is 1. The number of halogens is 2. The molecule has 0 radical (unpaired) electrons. The van der Waals surface area contributed by atoms with Gasteiger partial charge >= 0.3 is 0 Å². The molecule has 0 bridgehead atoms. The first-order chi connectivity index (χ1) is 8.61. The first kappa shape index (κ1) is 13.0. The highest BCUT2D eigenvalue weighted by Crippen LogP contribution is 2.22. The minimum Gasteiger partial charge on any atom is -0.275 e. The molecule has 1 aromatic heterocycles. The van der Waals surface area contributed by atoms with Crippen LogP contribution in [-0.2, 0) is 13.5 Å². The first-order valence-electron chi connectivity index (χ1n) is 5.50. The highest BCUT2D eigenvalue weighted by molar-refractivity contribution is 6.30. The van der Waals surface area contributed by atoms with Gasteiger partial charge in [-0.05, 0) is 24.1 Å². The van der Waals surface area contributed by atoms with Crippen LogP contribution in [0.4, 0.5) is 4.39 Å². The zero-order valence-corrected chi connectivity index (χ0v) is 10.7. The highest BCUT2D eigenvalue weighted by atomic mass is 35.5. The maximum absolute atomic E-state index is 13.8. The molecule has 1 atom stereocenters. The molecule has 4 nitrogen and oxygen atoms in total. The average Bonchev–Trinajstić information content (AvgIpc) is 2.78. The molecule has 0 aliphatic carbocycles. The summed E-state index contributed by atoms with van der Waals surface area (Å²) in [5, 5.41) is 4.36. The number of benzene rings is 1. The van der Waals surface area contributed by atoms with Gasteiger partial charge in [-0.2, -0.15) is 5.10 Å². The van der Waals surface area contributed by atoms with Crippen molar-refractivity contribution >= 4 is 11.6 Å². The molecule has 0 spiro atoms. The Morgan fingerprint density at radius 2 is 2.28 bits per heavy atom. The summed E-state index contributed by atoms with van der Waals surface area (Å²) < 4.78 is 15.5. The summed E-state index contributed by atoms with van der Waals surface area (Å²) in [4.78, 5) is 0. The van der Waals surface area contributed by atoms with Gasteiger partial charge in [-0.1, -0.05) is 23.7 Å². The molecule has 6 heteroatoms. The predicted molar refractivity (Wildman–Crippen MR) is 68.4 cm³/mol. The van der Waals surface area contributed by atoms with E-state index in [1.165, 1.54) is 6.07 Å². The summed E-state index contributed by atoms with van der Waals surface area (Å²) >= 11 is 5.74. The second-order valence-corrected chi connectivity index (χ2v) is 4.46. The molecule has 3 N–H and O–H groups in total. The Hall–Kier alpha value is -1.43. The highest BCUT2D eigenvalue weighted by Gasteiger charge is 2.16. The Morgan fingerprint density at radius 1 is 1.50 bits per heavy atom. The van der Waals surface area contributed by atoms with Crippen LogP contribution in [0.5, 0.6) is 0 Å². The third-order valence-corrected chi connectivity index (χ3v) is 3.04. The minimum absolute atomic E-state index is 0.115. The topological polar surface area (TPSA) is 55.9 Å². The molecule has 0 aliphatic rings. The summed E-state index contributed by atoms with van der Waals surface area (Å²) in [6.07, 6.45) is 2.20. The number of hydrazine groups is 1. The van der Waals surface area contributed by atoms with Crippen LogP contribution >= 0.6 is 11.6 Å². The standard InChI is InChI=1S/C12H14ClFN4/c1-18-6-5-10(17-18)11(16-15)7-8-3-2-4-9(13)12(8)14/h2-6,11,16H,7,15H2,1H3. The third kappa shape index (κ3) is 2.69. The molecule has 0 saturated heterocycles. The number of hydrogen-bond acceptors (Lipinski definition) is 3. The Kier molecular flexibility index (Phi) is 3.96. The largest absolute Gasteiger partial charge is 0.275 e. The number of hydrogen-bond donors (Lipinski definition) is 2. The molecule has 0 fully saturated rings. The van der Waals surface area contributed by atoms with Gasteiger partial charge in [0.25, 0.3) is 0 Å². The van der Waals surface area contributed by atoms with E-state index in [1.54, 1.807) is 16.8 Å². The van der Waals surface area contributed by atoms with Gasteiger partial charge in [-0.3, -0.25) is 16.0 Å². The van der Waals surface area contributed by atoms with Crippen LogP contribution in [0.15, 0.2) is 30.5 Å². The Bertz CT molecular complexity index is 541. The van der Waals surface area contributed by atoms with E-state index in [0.717, 1.165) is 5.69 Å². The van der Waals surface area contributed by atoms with Crippen molar-refractivity contribution in [3.63, 3.8) is 0 Å². The van der Waals surface area contributed by atoms with E-state index in [2.05, 4.69) is 10.5 Å². The van der Waals surface area contributed by atoms with Crippen molar-refractivity contribution in [2.24, 2.45) is 12.9 Å². The Labute approximate surface area is 110 Å². The second kappa shape index (κ2) is 5.48. The maximum Gasteiger partial charge on any atom is 0.145 e. The number of aryl methyl sites for hydroxylation is 1. The number of aromatic nitrogens is 2. The summed E-state index contributed by atoms with van der Waals surface area (Å²) in [6, 6.07) is 6.51. The zero-order chi connectivity index (χ0) is 13.1. The van der Waals surface area contributed by atoms with Crippen LogP contribution in [0.3, 0.4) is 0 Å². The molecule has 2 rings (SSSR count). The second-order valence-electron chi connectivity index (χ2n) is 4.05. The van der Waals surface area contributed by atoms with Gasteiger partial charge in [-0.15, -0.1) is 0 Å². The van der Waals surface area contributed by atoms with Gasteiger partial charge in [0.1, 0.15) is 5.82 Å². The summed E-state index contributed by atoms with van der Waals surface area (Å²) in [5.41, 5.74) is 3.91. The van der Waals surface area contributed by atoms with Crippen molar-refractivity contribution in [1.82, 2.24) is 15.2 Å². The number of nitrogens with zero attached hydrogens (tertiary/aromatic N) is 2. The van der Waals surface area contributed by atoms with Crippen LogP contribution < -0.4 is 11.3 Å². The van der Waals surface area contributed by atoms with Crippen molar-refractivity contribution in [1.29, 1.82) is 0 Å². The van der Waals surface area contributed by atoms with Crippen molar-refractivity contribution in [2.75, 3.05) is 0 Å². The fourth-order valence-corrected chi connectivity index (χ4v) is 1.99. The lowest BCUT2D eigenvalue weighted by Crippen LogP contribution is -2.30. The smallest absolute Gasteiger partial charge is 0.145 e. The molecule has 0 amide bonds. The minimum atomic E-state index is -0.407. The van der Waals surface area contributed by atoms with Crippen molar-refractivity contribution in [2.45, 2.75) is 12.5 Å². The first-order valence-corrected chi connectivity index (χ1v) is 5.88. The van der Waals surface area contributed by atoms with Gasteiger partial charge in [0, 0.05) is 13.2 Å². The van der Waals surface area contributed by atoms with E-state index in [1.807, 2.05) is 19.3 Å². The quantitative estimate of drug-likeness (QED) is 0.658. The molecular weight excluding hydrogens is 255 g/mol. The van der Waals surface area contributed by atoms with Crippen LogP contribution in [0.2, 0.25) is 5.02 Å².